The third-order valence-electron chi connectivity index (χ3n) is 7.99. The highest BCUT2D eigenvalue weighted by atomic mass is 16.3. The van der Waals surface area contributed by atoms with Gasteiger partial charge in [0.25, 0.3) is 0 Å². The summed E-state index contributed by atoms with van der Waals surface area (Å²) in [5, 5.41) is 22.5. The molecule has 3 aliphatic rings. The van der Waals surface area contributed by atoms with Gasteiger partial charge in [0, 0.05) is 32.1 Å². The third kappa shape index (κ3) is 3.83. The first-order valence-electron chi connectivity index (χ1n) is 12.2. The number of benzene rings is 1. The van der Waals surface area contributed by atoms with Crippen molar-refractivity contribution >= 4 is 34.7 Å². The smallest absolute Gasteiger partial charge is 0.235 e. The van der Waals surface area contributed by atoms with Crippen molar-refractivity contribution < 1.29 is 34.2 Å². The molecule has 1 aromatic rings. The Labute approximate surface area is 209 Å². The number of hydrogen-bond donors (Lipinski definition) is 3. The average molecular weight is 500 g/mol. The molecular weight excluding hydrogens is 466 g/mol. The molecule has 10 heteroatoms. The Morgan fingerprint density at radius 1 is 1.11 bits per heavy atom. The second kappa shape index (κ2) is 9.08. The van der Waals surface area contributed by atoms with Gasteiger partial charge in [-0.3, -0.25) is 24.0 Å². The lowest BCUT2D eigenvalue weighted by molar-refractivity contribution is -0.175. The van der Waals surface area contributed by atoms with Crippen LogP contribution in [-0.2, 0) is 32.0 Å². The van der Waals surface area contributed by atoms with Crippen LogP contribution in [0.3, 0.4) is 0 Å². The number of aryl methyl sites for hydroxylation is 1. The maximum atomic E-state index is 13.8. The minimum atomic E-state index is -2.63. The molecule has 10 nitrogen and oxygen atoms in total. The van der Waals surface area contributed by atoms with E-state index in [1.165, 1.54) is 0 Å². The van der Waals surface area contributed by atoms with Crippen molar-refractivity contribution in [3.8, 4) is 5.75 Å². The molecule has 0 aliphatic heterocycles. The number of carbonyl (C=O) groups is 5. The van der Waals surface area contributed by atoms with E-state index in [1.807, 2.05) is 44.1 Å². The van der Waals surface area contributed by atoms with E-state index in [1.54, 1.807) is 0 Å². The topological polar surface area (TPSA) is 158 Å². The summed E-state index contributed by atoms with van der Waals surface area (Å²) in [6, 6.07) is 1.86. The molecule has 0 aromatic heterocycles. The lowest BCUT2D eigenvalue weighted by Crippen LogP contribution is -2.68. The number of primary amides is 1. The molecule has 2 saturated carbocycles. The quantitative estimate of drug-likeness (QED) is 0.454. The highest BCUT2D eigenvalue weighted by molar-refractivity contribution is 6.31. The molecule has 3 aliphatic carbocycles. The van der Waals surface area contributed by atoms with Crippen LogP contribution >= 0.6 is 0 Å². The molecule has 1 aromatic carbocycles. The number of ketones is 4. The zero-order chi connectivity index (χ0) is 26.7. The highest BCUT2D eigenvalue weighted by Gasteiger charge is 2.66. The lowest BCUT2D eigenvalue weighted by atomic mass is 9.53. The minimum Gasteiger partial charge on any atom is -0.507 e. The van der Waals surface area contributed by atoms with Crippen LogP contribution in [0.5, 0.6) is 5.75 Å². The molecule has 0 bridgehead atoms. The Kier molecular flexibility index (Phi) is 6.55. The molecule has 0 spiro atoms. The molecule has 1 amide bonds. The van der Waals surface area contributed by atoms with E-state index in [4.69, 9.17) is 5.73 Å². The van der Waals surface area contributed by atoms with Crippen molar-refractivity contribution in [2.24, 2.45) is 29.4 Å². The molecular formula is C26H33N3O7. The van der Waals surface area contributed by atoms with Gasteiger partial charge in [0.15, 0.2) is 34.7 Å². The van der Waals surface area contributed by atoms with Crippen LogP contribution in [0.1, 0.15) is 40.7 Å². The van der Waals surface area contributed by atoms with Gasteiger partial charge in [-0.2, -0.15) is 0 Å². The van der Waals surface area contributed by atoms with Crippen molar-refractivity contribution in [2.75, 3.05) is 39.6 Å². The van der Waals surface area contributed by atoms with E-state index in [0.29, 0.717) is 17.5 Å². The van der Waals surface area contributed by atoms with Gasteiger partial charge in [-0.25, -0.2) is 0 Å². The Hall–Kier alpha value is -3.11. The van der Waals surface area contributed by atoms with Crippen LogP contribution in [0.4, 0.5) is 5.69 Å². The van der Waals surface area contributed by atoms with E-state index < -0.39 is 58.3 Å². The monoisotopic (exact) mass is 499 g/mol. The van der Waals surface area contributed by atoms with Crippen LogP contribution in [-0.4, -0.2) is 84.5 Å². The van der Waals surface area contributed by atoms with Crippen LogP contribution in [0.15, 0.2) is 6.07 Å². The van der Waals surface area contributed by atoms with E-state index >= 15 is 0 Å². The van der Waals surface area contributed by atoms with Gasteiger partial charge < -0.3 is 25.7 Å². The van der Waals surface area contributed by atoms with Gasteiger partial charge in [-0.15, -0.1) is 0 Å². The Morgan fingerprint density at radius 3 is 2.36 bits per heavy atom. The van der Waals surface area contributed by atoms with Crippen molar-refractivity contribution in [3.63, 3.8) is 0 Å². The number of hydrogen-bond acceptors (Lipinski definition) is 9. The fraction of sp³-hybridized carbons (Fsp3) is 0.577. The molecule has 0 radical (unpaired) electrons. The van der Waals surface area contributed by atoms with Gasteiger partial charge in [-0.05, 0) is 69.4 Å². The number of phenolic OH excluding ortho intramolecular Hbond substituents is 1. The SMILES string of the molecule is CN(C)CCCc1cc(N(C)C)c2c(c1O)C(=O)C1C(=O)[C@]3(O)C(=O)C(C(N)=O)C(=O)C[C@@H]3C[C@@H]1C2. The molecule has 0 saturated heterocycles. The number of rotatable bonds is 6. The maximum Gasteiger partial charge on any atom is 0.235 e. The van der Waals surface area contributed by atoms with Gasteiger partial charge in [-0.1, -0.05) is 0 Å². The van der Waals surface area contributed by atoms with Gasteiger partial charge in [0.05, 0.1) is 11.5 Å². The fourth-order valence-corrected chi connectivity index (χ4v) is 6.24. The van der Waals surface area contributed by atoms with Crippen molar-refractivity contribution in [3.05, 3.63) is 22.8 Å². The van der Waals surface area contributed by atoms with Gasteiger partial charge in [0.2, 0.25) is 5.91 Å². The number of nitrogens with zero attached hydrogens (tertiary/aromatic N) is 2. The minimum absolute atomic E-state index is 0.0449. The normalized spacial score (nSPS) is 29.6. The zero-order valence-corrected chi connectivity index (χ0v) is 21.0. The second-order valence-electron chi connectivity index (χ2n) is 10.8. The van der Waals surface area contributed by atoms with E-state index in [2.05, 4.69) is 0 Å². The summed E-state index contributed by atoms with van der Waals surface area (Å²) in [7, 11) is 7.55. The standard InChI is InChI=1S/C26H33N3O7/c1-28(2)7-5-6-12-10-16(29(3)4)15-9-13-8-14-11-17(30)20(25(27)35)24(34)26(14,36)23(33)18(13)22(32)19(15)21(12)31/h10,13-14,18,20,31,36H,5-9,11H2,1-4H3,(H2,27,35)/t13-,14+,18?,20?,26+/m1/s1. The molecule has 5 atom stereocenters. The summed E-state index contributed by atoms with van der Waals surface area (Å²) in [4.78, 5) is 68.6. The maximum absolute atomic E-state index is 13.8. The van der Waals surface area contributed by atoms with Crippen LogP contribution in [0.2, 0.25) is 0 Å². The van der Waals surface area contributed by atoms with Crippen LogP contribution < -0.4 is 10.6 Å². The number of aliphatic hydroxyl groups is 1. The Bertz CT molecular complexity index is 1170. The molecule has 4 rings (SSSR count). The first-order valence-corrected chi connectivity index (χ1v) is 12.2. The zero-order valence-electron chi connectivity index (χ0n) is 21.0. The van der Waals surface area contributed by atoms with E-state index in [-0.39, 0.29) is 30.6 Å². The molecule has 36 heavy (non-hydrogen) atoms. The van der Waals surface area contributed by atoms with Crippen molar-refractivity contribution in [1.29, 1.82) is 0 Å². The van der Waals surface area contributed by atoms with Gasteiger partial charge >= 0.3 is 0 Å². The van der Waals surface area contributed by atoms with Crippen LogP contribution in [0.25, 0.3) is 0 Å². The molecule has 2 fully saturated rings. The van der Waals surface area contributed by atoms with Crippen molar-refractivity contribution in [2.45, 2.75) is 37.7 Å². The number of nitrogens with two attached hydrogens (primary N) is 1. The number of aromatic hydroxyl groups is 1. The number of fused-ring (bicyclic) bond motifs is 3. The number of anilines is 1. The van der Waals surface area contributed by atoms with E-state index in [9.17, 15) is 34.2 Å². The van der Waals surface area contributed by atoms with Gasteiger partial charge in [0.1, 0.15) is 5.75 Å². The number of phenols is 1. The molecule has 2 unspecified atom stereocenters. The predicted molar refractivity (Wildman–Crippen MR) is 130 cm³/mol. The number of Topliss-reactive ketones (excluding diaryl/α,β-unsaturated/α-hetero) is 4. The molecule has 0 heterocycles. The summed E-state index contributed by atoms with van der Waals surface area (Å²) in [6.07, 6.45) is 1.26. The number of carbonyl (C=O) groups excluding carboxylic acids is 5. The number of amides is 1. The molecule has 4 N–H and O–H groups in total. The summed E-state index contributed by atoms with van der Waals surface area (Å²) in [6.45, 7) is 0.779. The summed E-state index contributed by atoms with van der Waals surface area (Å²) < 4.78 is 0. The summed E-state index contributed by atoms with van der Waals surface area (Å²) in [5.74, 6) is -9.86. The third-order valence-corrected chi connectivity index (χ3v) is 7.99. The van der Waals surface area contributed by atoms with Crippen LogP contribution in [0, 0.1) is 23.7 Å². The lowest BCUT2D eigenvalue weighted by Gasteiger charge is -2.48. The Morgan fingerprint density at radius 2 is 1.78 bits per heavy atom. The first kappa shape index (κ1) is 26.0. The average Bonchev–Trinajstić information content (AvgIpc) is 2.77. The summed E-state index contributed by atoms with van der Waals surface area (Å²) >= 11 is 0. The predicted octanol–water partition coefficient (Wildman–Crippen LogP) is -0.113. The Balaban J connectivity index is 1.78. The summed E-state index contributed by atoms with van der Waals surface area (Å²) in [5.41, 5.74) is 4.59. The second-order valence-corrected chi connectivity index (χ2v) is 10.8. The largest absolute Gasteiger partial charge is 0.507 e. The van der Waals surface area contributed by atoms with E-state index in [0.717, 1.165) is 18.7 Å². The first-order chi connectivity index (χ1) is 16.8. The van der Waals surface area contributed by atoms with Crippen molar-refractivity contribution in [1.82, 2.24) is 4.90 Å². The molecule has 194 valence electrons. The fourth-order valence-electron chi connectivity index (χ4n) is 6.24. The highest BCUT2D eigenvalue weighted by Crippen LogP contribution is 2.51.